The molecule has 6 nitrogen and oxygen atoms in total. The Bertz CT molecular complexity index is 873. The first-order valence-electron chi connectivity index (χ1n) is 9.33. The molecule has 1 aliphatic rings. The van der Waals surface area contributed by atoms with Crippen molar-refractivity contribution in [3.05, 3.63) is 65.9 Å². The van der Waals surface area contributed by atoms with Gasteiger partial charge in [-0.2, -0.15) is 5.26 Å². The zero-order valence-corrected chi connectivity index (χ0v) is 16.3. The number of benzene rings is 2. The number of nitrogens with zero attached hydrogens (tertiary/aromatic N) is 3. The summed E-state index contributed by atoms with van der Waals surface area (Å²) in [5.41, 5.74) is 3.79. The van der Waals surface area contributed by atoms with E-state index in [0.717, 1.165) is 37.4 Å². The molecule has 1 aliphatic heterocycles. The summed E-state index contributed by atoms with van der Waals surface area (Å²) < 4.78 is 0. The van der Waals surface area contributed by atoms with Crippen molar-refractivity contribution in [1.29, 1.82) is 5.26 Å². The van der Waals surface area contributed by atoms with Crippen LogP contribution in [0.5, 0.6) is 0 Å². The maximum absolute atomic E-state index is 12.3. The summed E-state index contributed by atoms with van der Waals surface area (Å²) in [5, 5.41) is 15.1. The number of nitriles is 1. The van der Waals surface area contributed by atoms with Gasteiger partial charge in [-0.3, -0.25) is 4.79 Å². The van der Waals surface area contributed by atoms with Crippen LogP contribution >= 0.6 is 0 Å². The van der Waals surface area contributed by atoms with Crippen LogP contribution in [0.2, 0.25) is 0 Å². The van der Waals surface area contributed by atoms with E-state index in [2.05, 4.69) is 39.6 Å². The van der Waals surface area contributed by atoms with E-state index in [1.807, 2.05) is 49.4 Å². The largest absolute Gasteiger partial charge is 0.369 e. The third-order valence-electron chi connectivity index (χ3n) is 4.79. The minimum absolute atomic E-state index is 0.0173. The summed E-state index contributed by atoms with van der Waals surface area (Å²) in [6.07, 6.45) is 1.44. The average Bonchev–Trinajstić information content (AvgIpc) is 2.71. The Morgan fingerprint density at radius 1 is 1.00 bits per heavy atom. The van der Waals surface area contributed by atoms with Gasteiger partial charge in [0.1, 0.15) is 11.6 Å². The van der Waals surface area contributed by atoms with Crippen molar-refractivity contribution in [1.82, 2.24) is 4.90 Å². The van der Waals surface area contributed by atoms with Gasteiger partial charge in [-0.25, -0.2) is 0 Å². The molecule has 1 heterocycles. The monoisotopic (exact) mass is 375 g/mol. The Hall–Kier alpha value is -3.30. The minimum atomic E-state index is -0.437. The molecule has 0 saturated carbocycles. The third kappa shape index (κ3) is 5.12. The number of nitrogens with one attached hydrogen (secondary N) is 2. The first-order chi connectivity index (χ1) is 13.5. The molecule has 0 bridgehead atoms. The smallest absolute Gasteiger partial charge is 0.267 e. The molecule has 3 rings (SSSR count). The number of rotatable bonds is 5. The number of carbonyl (C=O) groups excluding carboxylic acids is 1. The molecule has 0 unspecified atom stereocenters. The highest BCUT2D eigenvalue weighted by molar-refractivity contribution is 6.06. The number of aryl methyl sites for hydroxylation is 1. The summed E-state index contributed by atoms with van der Waals surface area (Å²) in [4.78, 5) is 17.0. The number of carbonyl (C=O) groups is 1. The van der Waals surface area contributed by atoms with Gasteiger partial charge in [0.25, 0.3) is 5.91 Å². The number of hydrogen-bond acceptors (Lipinski definition) is 5. The van der Waals surface area contributed by atoms with Crippen LogP contribution in [0.3, 0.4) is 0 Å². The second kappa shape index (κ2) is 9.07. The van der Waals surface area contributed by atoms with Crippen LogP contribution in [0, 0.1) is 18.3 Å². The molecule has 0 atom stereocenters. The third-order valence-corrected chi connectivity index (χ3v) is 4.79. The van der Waals surface area contributed by atoms with Crippen LogP contribution in [-0.2, 0) is 4.79 Å². The van der Waals surface area contributed by atoms with E-state index in [9.17, 15) is 10.1 Å². The lowest BCUT2D eigenvalue weighted by Crippen LogP contribution is -2.44. The van der Waals surface area contributed by atoms with Gasteiger partial charge in [0, 0.05) is 49.4 Å². The molecule has 2 N–H and O–H groups in total. The van der Waals surface area contributed by atoms with Gasteiger partial charge in [0.05, 0.1) is 0 Å². The van der Waals surface area contributed by atoms with Crippen molar-refractivity contribution in [3.63, 3.8) is 0 Å². The highest BCUT2D eigenvalue weighted by Gasteiger charge is 2.14. The van der Waals surface area contributed by atoms with Crippen LogP contribution in [0.4, 0.5) is 17.1 Å². The summed E-state index contributed by atoms with van der Waals surface area (Å²) in [5.74, 6) is -0.437. The van der Waals surface area contributed by atoms with Gasteiger partial charge in [-0.05, 0) is 50.4 Å². The standard InChI is InChI=1S/C22H25N5O/c1-17-3-5-20(6-4-17)25-22(28)18(15-23)16-24-19-7-9-21(10-8-19)27-13-11-26(2)12-14-27/h3-10,16,24H,11-14H2,1-2H3,(H,25,28)/b18-16-. The van der Waals surface area contributed by atoms with E-state index in [1.165, 1.54) is 11.9 Å². The lowest BCUT2D eigenvalue weighted by Gasteiger charge is -2.34. The van der Waals surface area contributed by atoms with Crippen LogP contribution < -0.4 is 15.5 Å². The summed E-state index contributed by atoms with van der Waals surface area (Å²) in [6.45, 7) is 6.13. The molecule has 0 aliphatic carbocycles. The fourth-order valence-corrected chi connectivity index (χ4v) is 2.97. The Balaban J connectivity index is 1.60. The molecule has 0 radical (unpaired) electrons. The highest BCUT2D eigenvalue weighted by Crippen LogP contribution is 2.19. The Kier molecular flexibility index (Phi) is 6.30. The van der Waals surface area contributed by atoms with E-state index >= 15 is 0 Å². The number of anilines is 3. The average molecular weight is 375 g/mol. The fraction of sp³-hybridized carbons (Fsp3) is 0.273. The van der Waals surface area contributed by atoms with Gasteiger partial charge < -0.3 is 20.4 Å². The van der Waals surface area contributed by atoms with Gasteiger partial charge in [-0.1, -0.05) is 17.7 Å². The molecule has 2 aromatic carbocycles. The van der Waals surface area contributed by atoms with E-state index < -0.39 is 5.91 Å². The first kappa shape index (κ1) is 19.5. The maximum Gasteiger partial charge on any atom is 0.267 e. The molecule has 1 saturated heterocycles. The molecule has 144 valence electrons. The zero-order valence-electron chi connectivity index (χ0n) is 16.3. The number of piperazine rings is 1. The van der Waals surface area contributed by atoms with Crippen LogP contribution in [0.15, 0.2) is 60.3 Å². The topological polar surface area (TPSA) is 71.4 Å². The molecule has 2 aromatic rings. The highest BCUT2D eigenvalue weighted by atomic mass is 16.1. The lowest BCUT2D eigenvalue weighted by molar-refractivity contribution is -0.112. The van der Waals surface area contributed by atoms with E-state index in [0.29, 0.717) is 5.69 Å². The van der Waals surface area contributed by atoms with Crippen LogP contribution in [0.25, 0.3) is 0 Å². The van der Waals surface area contributed by atoms with Gasteiger partial charge in [-0.15, -0.1) is 0 Å². The summed E-state index contributed by atoms with van der Waals surface area (Å²) in [7, 11) is 2.14. The SMILES string of the molecule is Cc1ccc(NC(=O)/C(C#N)=C\Nc2ccc(N3CCN(C)CC3)cc2)cc1. The summed E-state index contributed by atoms with van der Waals surface area (Å²) >= 11 is 0. The van der Waals surface area contributed by atoms with Crippen LogP contribution in [-0.4, -0.2) is 44.0 Å². The van der Waals surface area contributed by atoms with Crippen molar-refractivity contribution in [2.75, 3.05) is 48.8 Å². The Morgan fingerprint density at radius 2 is 1.61 bits per heavy atom. The predicted octanol–water partition coefficient (Wildman–Crippen LogP) is 3.20. The predicted molar refractivity (Wildman–Crippen MR) is 113 cm³/mol. The van der Waals surface area contributed by atoms with Crippen LogP contribution in [0.1, 0.15) is 5.56 Å². The normalized spacial score (nSPS) is 15.0. The molecule has 0 spiro atoms. The lowest BCUT2D eigenvalue weighted by atomic mass is 10.2. The fourth-order valence-electron chi connectivity index (χ4n) is 2.97. The van der Waals surface area contributed by atoms with Crippen molar-refractivity contribution < 1.29 is 4.79 Å². The molecule has 1 fully saturated rings. The van der Waals surface area contributed by atoms with Crippen molar-refractivity contribution in [2.45, 2.75) is 6.92 Å². The van der Waals surface area contributed by atoms with Gasteiger partial charge in [0.2, 0.25) is 0 Å². The number of likely N-dealkylation sites (N-methyl/N-ethyl adjacent to an activating group) is 1. The van der Waals surface area contributed by atoms with Gasteiger partial charge in [0.15, 0.2) is 0 Å². The molecule has 28 heavy (non-hydrogen) atoms. The van der Waals surface area contributed by atoms with Crippen molar-refractivity contribution in [2.24, 2.45) is 0 Å². The second-order valence-electron chi connectivity index (χ2n) is 6.97. The summed E-state index contributed by atoms with van der Waals surface area (Å²) in [6, 6.07) is 17.4. The maximum atomic E-state index is 12.3. The van der Waals surface area contributed by atoms with Crippen molar-refractivity contribution in [3.8, 4) is 6.07 Å². The zero-order chi connectivity index (χ0) is 19.9. The van der Waals surface area contributed by atoms with E-state index in [1.54, 1.807) is 0 Å². The number of hydrogen-bond donors (Lipinski definition) is 2. The van der Waals surface area contributed by atoms with E-state index in [-0.39, 0.29) is 5.57 Å². The quantitative estimate of drug-likeness (QED) is 0.620. The molecule has 1 amide bonds. The Morgan fingerprint density at radius 3 is 2.21 bits per heavy atom. The molecular weight excluding hydrogens is 350 g/mol. The van der Waals surface area contributed by atoms with Crippen molar-refractivity contribution >= 4 is 23.0 Å². The molecule has 0 aromatic heterocycles. The molecular formula is C22H25N5O. The molecule has 6 heteroatoms. The Labute approximate surface area is 166 Å². The van der Waals surface area contributed by atoms with Gasteiger partial charge >= 0.3 is 0 Å². The minimum Gasteiger partial charge on any atom is -0.369 e. The van der Waals surface area contributed by atoms with E-state index in [4.69, 9.17) is 0 Å². The number of amides is 1. The second-order valence-corrected chi connectivity index (χ2v) is 6.97. The first-order valence-corrected chi connectivity index (χ1v) is 9.33.